The maximum absolute atomic E-state index is 11.4. The van der Waals surface area contributed by atoms with Gasteiger partial charge in [0.2, 0.25) is 0 Å². The molecule has 0 bridgehead atoms. The Morgan fingerprint density at radius 3 is 2.21 bits per heavy atom. The molecule has 1 aromatic heterocycles. The van der Waals surface area contributed by atoms with Crippen molar-refractivity contribution in [2.24, 2.45) is 0 Å². The smallest absolute Gasteiger partial charge is 0.159 e. The van der Waals surface area contributed by atoms with Crippen molar-refractivity contribution < 1.29 is 4.79 Å². The van der Waals surface area contributed by atoms with Crippen LogP contribution in [0.2, 0.25) is 0 Å². The van der Waals surface area contributed by atoms with Crippen LogP contribution in [0.15, 0.2) is 66.7 Å². The molecule has 24 heavy (non-hydrogen) atoms. The number of carbonyl (C=O) groups excluding carboxylic acids is 1. The number of fused-ring (bicyclic) bond motifs is 3. The Labute approximate surface area is 141 Å². The van der Waals surface area contributed by atoms with Crippen molar-refractivity contribution in [1.29, 1.82) is 0 Å². The van der Waals surface area contributed by atoms with E-state index in [1.165, 1.54) is 27.4 Å². The maximum Gasteiger partial charge on any atom is 0.159 e. The number of rotatable bonds is 3. The normalized spacial score (nSPS) is 11.2. The van der Waals surface area contributed by atoms with Crippen LogP contribution in [-0.4, -0.2) is 10.4 Å². The molecule has 4 aromatic rings. The van der Waals surface area contributed by atoms with Gasteiger partial charge in [0.25, 0.3) is 0 Å². The number of hydrogen-bond donors (Lipinski definition) is 0. The lowest BCUT2D eigenvalue weighted by molar-refractivity contribution is 0.101. The van der Waals surface area contributed by atoms with Crippen LogP contribution in [-0.2, 0) is 6.54 Å². The average Bonchev–Trinajstić information content (AvgIpc) is 2.95. The van der Waals surface area contributed by atoms with Crippen molar-refractivity contribution in [3.63, 3.8) is 0 Å². The molecule has 118 valence electrons. The van der Waals surface area contributed by atoms with E-state index in [1.807, 2.05) is 24.3 Å². The van der Waals surface area contributed by atoms with Crippen LogP contribution in [0, 0.1) is 0 Å². The third kappa shape index (κ3) is 2.23. The highest BCUT2D eigenvalue weighted by molar-refractivity contribution is 6.09. The summed E-state index contributed by atoms with van der Waals surface area (Å²) in [6.45, 7) is 4.73. The summed E-state index contributed by atoms with van der Waals surface area (Å²) in [6, 6.07) is 23.0. The highest BCUT2D eigenvalue weighted by Crippen LogP contribution is 2.32. The highest BCUT2D eigenvalue weighted by Gasteiger charge is 2.10. The minimum absolute atomic E-state index is 0.100. The highest BCUT2D eigenvalue weighted by atomic mass is 16.1. The molecule has 4 rings (SSSR count). The minimum Gasteiger partial charge on any atom is -0.341 e. The number of ketones is 1. The van der Waals surface area contributed by atoms with Gasteiger partial charge in [-0.1, -0.05) is 48.5 Å². The van der Waals surface area contributed by atoms with E-state index in [9.17, 15) is 4.79 Å². The first-order chi connectivity index (χ1) is 11.7. The van der Waals surface area contributed by atoms with Crippen molar-refractivity contribution in [1.82, 2.24) is 4.57 Å². The van der Waals surface area contributed by atoms with Crippen LogP contribution in [0.5, 0.6) is 0 Å². The number of Topliss-reactive ketones (excluding diaryl/α,β-unsaturated/α-hetero) is 1. The maximum atomic E-state index is 11.4. The van der Waals surface area contributed by atoms with Crippen molar-refractivity contribution in [2.75, 3.05) is 0 Å². The van der Waals surface area contributed by atoms with Crippen LogP contribution in [0.3, 0.4) is 0 Å². The van der Waals surface area contributed by atoms with Crippen LogP contribution in [0.25, 0.3) is 32.9 Å². The summed E-state index contributed by atoms with van der Waals surface area (Å²) in [5.41, 5.74) is 5.61. The average molecular weight is 313 g/mol. The Bertz CT molecular complexity index is 1050. The summed E-state index contributed by atoms with van der Waals surface area (Å²) in [5.74, 6) is 0.100. The lowest BCUT2D eigenvalue weighted by Gasteiger charge is -2.05. The molecule has 0 radical (unpaired) electrons. The van der Waals surface area contributed by atoms with Gasteiger partial charge >= 0.3 is 0 Å². The van der Waals surface area contributed by atoms with E-state index in [0.717, 1.165) is 17.7 Å². The second kappa shape index (κ2) is 5.64. The van der Waals surface area contributed by atoms with E-state index in [1.54, 1.807) is 6.92 Å². The quantitative estimate of drug-likeness (QED) is 0.446. The molecule has 0 spiro atoms. The van der Waals surface area contributed by atoms with Crippen molar-refractivity contribution >= 4 is 27.6 Å². The third-order valence-corrected chi connectivity index (χ3v) is 4.71. The molecular formula is C22H19NO. The Balaban J connectivity index is 1.92. The Morgan fingerprint density at radius 1 is 0.833 bits per heavy atom. The van der Waals surface area contributed by atoms with Crippen LogP contribution in [0.4, 0.5) is 0 Å². The number of hydrogen-bond acceptors (Lipinski definition) is 1. The minimum atomic E-state index is 0.100. The van der Waals surface area contributed by atoms with Gasteiger partial charge in [-0.25, -0.2) is 0 Å². The van der Waals surface area contributed by atoms with E-state index < -0.39 is 0 Å². The van der Waals surface area contributed by atoms with Crippen LogP contribution >= 0.6 is 0 Å². The lowest BCUT2D eigenvalue weighted by atomic mass is 10.0. The van der Waals surface area contributed by atoms with Gasteiger partial charge in [-0.05, 0) is 43.2 Å². The first kappa shape index (κ1) is 14.7. The number of carbonyl (C=O) groups is 1. The van der Waals surface area contributed by atoms with Gasteiger partial charge < -0.3 is 4.57 Å². The predicted octanol–water partition coefficient (Wildman–Crippen LogP) is 5.68. The number of nitrogens with zero attached hydrogens (tertiary/aromatic N) is 1. The van der Waals surface area contributed by atoms with Crippen LogP contribution < -0.4 is 0 Å². The largest absolute Gasteiger partial charge is 0.341 e. The zero-order valence-electron chi connectivity index (χ0n) is 13.9. The lowest BCUT2D eigenvalue weighted by Crippen LogP contribution is -1.92. The molecule has 0 saturated heterocycles. The third-order valence-electron chi connectivity index (χ3n) is 4.71. The summed E-state index contributed by atoms with van der Waals surface area (Å²) < 4.78 is 2.35. The van der Waals surface area contributed by atoms with Gasteiger partial charge in [0.15, 0.2) is 5.78 Å². The van der Waals surface area contributed by atoms with Gasteiger partial charge in [-0.3, -0.25) is 4.79 Å². The number of para-hydroxylation sites is 1. The molecule has 0 amide bonds. The molecule has 0 aliphatic rings. The zero-order valence-corrected chi connectivity index (χ0v) is 13.9. The van der Waals surface area contributed by atoms with Crippen molar-refractivity contribution in [2.45, 2.75) is 20.4 Å². The molecule has 0 unspecified atom stereocenters. The molecule has 2 heteroatoms. The Hall–Kier alpha value is -2.87. The Kier molecular flexibility index (Phi) is 3.46. The van der Waals surface area contributed by atoms with Crippen molar-refractivity contribution in [3.8, 4) is 11.1 Å². The molecule has 0 aliphatic carbocycles. The first-order valence-electron chi connectivity index (χ1n) is 8.31. The van der Waals surface area contributed by atoms with Crippen LogP contribution in [0.1, 0.15) is 24.2 Å². The molecule has 2 nitrogen and oxygen atoms in total. The summed E-state index contributed by atoms with van der Waals surface area (Å²) >= 11 is 0. The molecule has 0 atom stereocenters. The van der Waals surface area contributed by atoms with E-state index in [4.69, 9.17) is 0 Å². The van der Waals surface area contributed by atoms with Gasteiger partial charge in [0.05, 0.1) is 0 Å². The molecule has 0 fully saturated rings. The SMILES string of the molecule is CCn1c2ccccc2c2cc(-c3ccc(C(C)=O)cc3)ccc21. The molecule has 0 aliphatic heterocycles. The number of benzene rings is 3. The summed E-state index contributed by atoms with van der Waals surface area (Å²) in [4.78, 5) is 11.4. The standard InChI is InChI=1S/C22H19NO/c1-3-23-21-7-5-4-6-19(21)20-14-18(12-13-22(20)23)17-10-8-16(9-11-17)15(2)24/h4-14H,3H2,1-2H3. The molecule has 0 saturated carbocycles. The monoisotopic (exact) mass is 313 g/mol. The molecule has 0 N–H and O–H groups in total. The predicted molar refractivity (Wildman–Crippen MR) is 101 cm³/mol. The fourth-order valence-electron chi connectivity index (χ4n) is 3.47. The van der Waals surface area contributed by atoms with Gasteiger partial charge in [-0.15, -0.1) is 0 Å². The Morgan fingerprint density at radius 2 is 1.50 bits per heavy atom. The van der Waals surface area contributed by atoms with E-state index in [-0.39, 0.29) is 5.78 Å². The topological polar surface area (TPSA) is 22.0 Å². The summed E-state index contributed by atoms with van der Waals surface area (Å²) in [5, 5.41) is 2.57. The van der Waals surface area contributed by atoms with Gasteiger partial charge in [0, 0.05) is 33.9 Å². The summed E-state index contributed by atoms with van der Waals surface area (Å²) in [6.07, 6.45) is 0. The van der Waals surface area contributed by atoms with Gasteiger partial charge in [-0.2, -0.15) is 0 Å². The summed E-state index contributed by atoms with van der Waals surface area (Å²) in [7, 11) is 0. The number of aryl methyl sites for hydroxylation is 1. The molecular weight excluding hydrogens is 294 g/mol. The number of aromatic nitrogens is 1. The second-order valence-corrected chi connectivity index (χ2v) is 6.13. The first-order valence-corrected chi connectivity index (χ1v) is 8.31. The van der Waals surface area contributed by atoms with Gasteiger partial charge in [0.1, 0.15) is 0 Å². The van der Waals surface area contributed by atoms with Crippen molar-refractivity contribution in [3.05, 3.63) is 72.3 Å². The van der Waals surface area contributed by atoms with E-state index in [0.29, 0.717) is 0 Å². The van der Waals surface area contributed by atoms with E-state index in [2.05, 4.69) is 54.0 Å². The molecule has 3 aromatic carbocycles. The second-order valence-electron chi connectivity index (χ2n) is 6.13. The zero-order chi connectivity index (χ0) is 16.7. The fourth-order valence-corrected chi connectivity index (χ4v) is 3.47. The molecule has 1 heterocycles. The fraction of sp³-hybridized carbons (Fsp3) is 0.136. The van der Waals surface area contributed by atoms with E-state index >= 15 is 0 Å².